The third-order valence-electron chi connectivity index (χ3n) is 4.88. The maximum Gasteiger partial charge on any atom is 0.341 e. The largest absolute Gasteiger partial charge is 0.481 e. The highest BCUT2D eigenvalue weighted by molar-refractivity contribution is 6.35. The smallest absolute Gasteiger partial charge is 0.341 e. The van der Waals surface area contributed by atoms with Crippen LogP contribution in [0.2, 0.25) is 10.0 Å². The molecule has 0 aliphatic carbocycles. The molecule has 0 fully saturated rings. The van der Waals surface area contributed by atoms with Crippen molar-refractivity contribution in [1.29, 1.82) is 0 Å². The molecule has 4 rings (SSSR count). The van der Waals surface area contributed by atoms with Crippen LogP contribution in [0.25, 0.3) is 0 Å². The van der Waals surface area contributed by atoms with Crippen LogP contribution in [0.1, 0.15) is 24.8 Å². The minimum Gasteiger partial charge on any atom is -0.481 e. The van der Waals surface area contributed by atoms with Crippen molar-refractivity contribution in [2.24, 2.45) is 9.98 Å². The Morgan fingerprint density at radius 1 is 1.07 bits per heavy atom. The van der Waals surface area contributed by atoms with Gasteiger partial charge in [0.2, 0.25) is 0 Å². The van der Waals surface area contributed by atoms with E-state index in [9.17, 15) is 23.2 Å². The molecule has 2 aliphatic heterocycles. The van der Waals surface area contributed by atoms with Gasteiger partial charge < -0.3 is 20.3 Å². The fraction of sp³-hybridized carbons (Fsp3) is 0.222. The van der Waals surface area contributed by atoms with E-state index in [4.69, 9.17) is 38.2 Å². The summed E-state index contributed by atoms with van der Waals surface area (Å²) < 4.78 is 31.1. The fourth-order valence-electron chi connectivity index (χ4n) is 3.08. The lowest BCUT2D eigenvalue weighted by Gasteiger charge is -2.06. The van der Waals surface area contributed by atoms with Crippen molar-refractivity contribution >= 4 is 53.0 Å². The highest BCUT2D eigenvalue weighted by Crippen LogP contribution is 2.27. The first kappa shape index (κ1) is 32.1. The van der Waals surface area contributed by atoms with Crippen LogP contribution >= 0.6 is 23.2 Å². The Hall–Kier alpha value is -4.09. The molecule has 0 saturated carbocycles. The lowest BCUT2D eigenvalue weighted by Crippen LogP contribution is -2.27. The standard InChI is InChI=1S/C13H11F2NO.C8H6Cl2O3.C6H8N2O2/c14-12-3-1-2-9(13(12)15)4-5-10-8-11(17)6-7-16-10;9-5-1-2-7(6(10)3-5)13-4-8(11)12;9-6(10)4-5-7-2-1-3-8-5/h1-3,7-8H,4-6H2;1-3H,4H2,(H,11,12);1-2H,3-4H2,(H,7,8)(H,9,10). The Balaban J connectivity index is 0.000000218. The Labute approximate surface area is 238 Å². The molecule has 0 aromatic heterocycles. The lowest BCUT2D eigenvalue weighted by atomic mass is 10.1. The number of carbonyl (C=O) groups excluding carboxylic acids is 1. The lowest BCUT2D eigenvalue weighted by molar-refractivity contribution is -0.139. The number of ketones is 1. The number of halogens is 4. The third kappa shape index (κ3) is 12.2. The molecule has 0 radical (unpaired) electrons. The van der Waals surface area contributed by atoms with Gasteiger partial charge in [-0.3, -0.25) is 14.6 Å². The quantitative estimate of drug-likeness (QED) is 0.378. The van der Waals surface area contributed by atoms with E-state index in [-0.39, 0.29) is 12.2 Å². The number of amidine groups is 1. The van der Waals surface area contributed by atoms with Gasteiger partial charge in [-0.15, -0.1) is 0 Å². The normalized spacial score (nSPS) is 13.4. The van der Waals surface area contributed by atoms with E-state index >= 15 is 0 Å². The SMILES string of the molecule is O=C(O)CC1=NC=CCN1.O=C(O)COc1ccc(Cl)cc1Cl.O=C1C=C(CCc2cccc(F)c2F)N=CC1. The average molecular weight is 596 g/mol. The van der Waals surface area contributed by atoms with Gasteiger partial charge in [0.15, 0.2) is 24.0 Å². The molecular weight excluding hydrogens is 571 g/mol. The number of rotatable bonds is 8. The van der Waals surface area contributed by atoms with Crippen molar-refractivity contribution in [2.75, 3.05) is 13.2 Å². The number of aryl methyl sites for hydroxylation is 1. The average Bonchev–Trinajstić information content (AvgIpc) is 2.90. The summed E-state index contributed by atoms with van der Waals surface area (Å²) in [5.41, 5.74) is 0.920. The summed E-state index contributed by atoms with van der Waals surface area (Å²) in [6.07, 6.45) is 7.49. The first-order valence-corrected chi connectivity index (χ1v) is 12.5. The molecule has 212 valence electrons. The number of allylic oxidation sites excluding steroid dienone is 2. The number of hydrogen-bond acceptors (Lipinski definition) is 7. The second-order valence-electron chi connectivity index (χ2n) is 8.00. The number of benzene rings is 2. The van der Waals surface area contributed by atoms with Crippen molar-refractivity contribution in [3.63, 3.8) is 0 Å². The summed E-state index contributed by atoms with van der Waals surface area (Å²) in [4.78, 5) is 39.2. The molecule has 13 heteroatoms. The first-order valence-electron chi connectivity index (χ1n) is 11.7. The molecule has 2 heterocycles. The van der Waals surface area contributed by atoms with Crippen LogP contribution in [-0.2, 0) is 20.8 Å². The molecule has 0 saturated heterocycles. The molecule has 9 nitrogen and oxygen atoms in total. The number of carboxylic acid groups (broad SMARTS) is 2. The molecular formula is C27H25Cl2F2N3O6. The van der Waals surface area contributed by atoms with Crippen molar-refractivity contribution in [2.45, 2.75) is 25.7 Å². The Morgan fingerprint density at radius 2 is 1.85 bits per heavy atom. The summed E-state index contributed by atoms with van der Waals surface area (Å²) in [6, 6.07) is 8.67. The Kier molecular flexibility index (Phi) is 13.5. The number of carboxylic acids is 2. The monoisotopic (exact) mass is 595 g/mol. The van der Waals surface area contributed by atoms with Crippen molar-refractivity contribution in [1.82, 2.24) is 5.32 Å². The highest BCUT2D eigenvalue weighted by Gasteiger charge is 2.10. The molecule has 2 aromatic rings. The van der Waals surface area contributed by atoms with Gasteiger partial charge in [0.25, 0.3) is 0 Å². The van der Waals surface area contributed by atoms with E-state index in [0.717, 1.165) is 6.07 Å². The Bertz CT molecular complexity index is 1350. The van der Waals surface area contributed by atoms with Gasteiger partial charge in [0, 0.05) is 42.2 Å². The number of aliphatic imine (C=N–C) groups is 2. The number of aliphatic carboxylic acids is 2. The van der Waals surface area contributed by atoms with Gasteiger partial charge in [-0.25, -0.2) is 18.6 Å². The van der Waals surface area contributed by atoms with Crippen LogP contribution in [0.3, 0.4) is 0 Å². The second kappa shape index (κ2) is 16.8. The van der Waals surface area contributed by atoms with Gasteiger partial charge in [-0.1, -0.05) is 35.3 Å². The maximum atomic E-state index is 13.3. The third-order valence-corrected chi connectivity index (χ3v) is 5.41. The van der Waals surface area contributed by atoms with Gasteiger partial charge >= 0.3 is 11.9 Å². The van der Waals surface area contributed by atoms with Gasteiger partial charge in [-0.2, -0.15) is 0 Å². The summed E-state index contributed by atoms with van der Waals surface area (Å²) in [5, 5.41) is 20.3. The molecule has 0 amide bonds. The van der Waals surface area contributed by atoms with Gasteiger partial charge in [0.1, 0.15) is 18.0 Å². The highest BCUT2D eigenvalue weighted by atomic mass is 35.5. The van der Waals surface area contributed by atoms with Crippen LogP contribution in [0.4, 0.5) is 8.78 Å². The predicted octanol–water partition coefficient (Wildman–Crippen LogP) is 5.26. The summed E-state index contributed by atoms with van der Waals surface area (Å²) in [7, 11) is 0. The maximum absolute atomic E-state index is 13.3. The molecule has 0 unspecified atom stereocenters. The molecule has 2 aliphatic rings. The Morgan fingerprint density at radius 3 is 2.48 bits per heavy atom. The minimum atomic E-state index is -1.05. The minimum absolute atomic E-state index is 0.00489. The zero-order valence-corrected chi connectivity index (χ0v) is 22.5. The van der Waals surface area contributed by atoms with Crippen molar-refractivity contribution in [3.05, 3.63) is 87.7 Å². The van der Waals surface area contributed by atoms with E-state index in [1.54, 1.807) is 18.5 Å². The van der Waals surface area contributed by atoms with E-state index in [1.807, 2.05) is 6.08 Å². The summed E-state index contributed by atoms with van der Waals surface area (Å²) in [5.74, 6) is -2.75. The van der Waals surface area contributed by atoms with Crippen LogP contribution in [-0.4, -0.2) is 53.1 Å². The number of ether oxygens (including phenoxy) is 1. The summed E-state index contributed by atoms with van der Waals surface area (Å²) in [6.45, 7) is 0.257. The molecule has 3 N–H and O–H groups in total. The molecule has 2 aromatic carbocycles. The molecule has 0 atom stereocenters. The topological polar surface area (TPSA) is 138 Å². The predicted molar refractivity (Wildman–Crippen MR) is 147 cm³/mol. The van der Waals surface area contributed by atoms with E-state index in [0.29, 0.717) is 58.7 Å². The number of nitrogens with one attached hydrogen (secondary N) is 1. The van der Waals surface area contributed by atoms with E-state index < -0.39 is 30.2 Å². The van der Waals surface area contributed by atoms with E-state index in [1.165, 1.54) is 30.3 Å². The molecule has 0 spiro atoms. The second-order valence-corrected chi connectivity index (χ2v) is 8.84. The zero-order valence-electron chi connectivity index (χ0n) is 20.9. The van der Waals surface area contributed by atoms with E-state index in [2.05, 4.69) is 15.3 Å². The fourth-order valence-corrected chi connectivity index (χ4v) is 3.54. The zero-order chi connectivity index (χ0) is 29.5. The van der Waals surface area contributed by atoms with Crippen molar-refractivity contribution in [3.8, 4) is 5.75 Å². The number of nitrogens with zero attached hydrogens (tertiary/aromatic N) is 2. The summed E-state index contributed by atoms with van der Waals surface area (Å²) >= 11 is 11.3. The van der Waals surface area contributed by atoms with Crippen LogP contribution < -0.4 is 10.1 Å². The van der Waals surface area contributed by atoms with Crippen LogP contribution in [0.5, 0.6) is 5.75 Å². The van der Waals surface area contributed by atoms with Crippen LogP contribution in [0.15, 0.2) is 70.4 Å². The van der Waals surface area contributed by atoms with Crippen LogP contribution in [0, 0.1) is 11.6 Å². The van der Waals surface area contributed by atoms with Crippen molar-refractivity contribution < 1.29 is 38.1 Å². The van der Waals surface area contributed by atoms with Gasteiger partial charge in [0.05, 0.1) is 5.02 Å². The number of carbonyl (C=O) groups is 3. The van der Waals surface area contributed by atoms with Gasteiger partial charge in [-0.05, 0) is 48.7 Å². The first-order chi connectivity index (χ1) is 19.0. The molecule has 0 bridgehead atoms. The number of hydrogen-bond donors (Lipinski definition) is 3. The molecule has 40 heavy (non-hydrogen) atoms.